The molecule has 1 heterocycles. The average Bonchev–Trinajstić information content (AvgIpc) is 2.08. The summed E-state index contributed by atoms with van der Waals surface area (Å²) in [6.07, 6.45) is -7.04. The van der Waals surface area contributed by atoms with Gasteiger partial charge in [-0.15, -0.1) is 12.4 Å². The lowest BCUT2D eigenvalue weighted by Crippen LogP contribution is -2.58. The molecular weight excluding hydrogens is 220 g/mol. The largest absolute Gasteiger partial charge is 0.412 e. The second-order valence-corrected chi connectivity index (χ2v) is 2.72. The first-order valence-electron chi connectivity index (χ1n) is 3.56. The van der Waals surface area contributed by atoms with Gasteiger partial charge in [0.1, 0.15) is 24.4 Å². The number of aliphatic hydroxyl groups excluding tert-OH is 5. The zero-order valence-electron chi connectivity index (χ0n) is 7.15. The van der Waals surface area contributed by atoms with E-state index in [9.17, 15) is 0 Å². The number of hydrogen-bond donors (Lipinski definition) is 5. The first-order chi connectivity index (χ1) is 5.57. The van der Waals surface area contributed by atoms with Crippen LogP contribution in [-0.2, 0) is 4.74 Å². The highest BCUT2D eigenvalue weighted by Gasteiger charge is 2.42. The van der Waals surface area contributed by atoms with Gasteiger partial charge in [0.25, 0.3) is 0 Å². The Morgan fingerprint density at radius 3 is 1.86 bits per heavy atom. The molecule has 7 N–H and O–H groups in total. The Hall–Kier alpha value is 0.01000. The van der Waals surface area contributed by atoms with Gasteiger partial charge in [0.05, 0.1) is 6.61 Å². The standard InChI is InChI=1S/C6H12O6.ClH.H2O/c7-1-2-3(8)4(9)5(10)6(11)12-2;;/h2-11H,1H2;1H;1H2/t2?,3-,4-,5+,6?;;/m1../s1. The van der Waals surface area contributed by atoms with Crippen LogP contribution in [-0.4, -0.2) is 68.3 Å². The van der Waals surface area contributed by atoms with E-state index >= 15 is 0 Å². The van der Waals surface area contributed by atoms with Crippen LogP contribution < -0.4 is 0 Å². The van der Waals surface area contributed by atoms with E-state index in [1.54, 1.807) is 0 Å². The molecule has 1 rings (SSSR count). The minimum Gasteiger partial charge on any atom is -0.412 e. The Morgan fingerprint density at radius 2 is 1.43 bits per heavy atom. The Kier molecular flexibility index (Phi) is 7.62. The smallest absolute Gasteiger partial charge is 0.184 e. The third-order valence-electron chi connectivity index (χ3n) is 1.87. The zero-order valence-corrected chi connectivity index (χ0v) is 7.96. The van der Waals surface area contributed by atoms with Crippen LogP contribution in [0.3, 0.4) is 0 Å². The zero-order chi connectivity index (χ0) is 9.30. The molecule has 2 unspecified atom stereocenters. The van der Waals surface area contributed by atoms with E-state index < -0.39 is 37.3 Å². The van der Waals surface area contributed by atoms with Gasteiger partial charge in [-0.05, 0) is 0 Å². The van der Waals surface area contributed by atoms with Gasteiger partial charge in [0.2, 0.25) is 0 Å². The Labute approximate surface area is 86.3 Å². The van der Waals surface area contributed by atoms with Crippen molar-refractivity contribution in [3.05, 3.63) is 0 Å². The molecule has 0 aromatic rings. The van der Waals surface area contributed by atoms with Crippen LogP contribution in [0.15, 0.2) is 0 Å². The highest BCUT2D eigenvalue weighted by Crippen LogP contribution is 2.18. The molecule has 88 valence electrons. The minimum absolute atomic E-state index is 0. The monoisotopic (exact) mass is 234 g/mol. The summed E-state index contributed by atoms with van der Waals surface area (Å²) in [5, 5.41) is 44.7. The molecule has 0 radical (unpaired) electrons. The quantitative estimate of drug-likeness (QED) is 0.317. The maximum Gasteiger partial charge on any atom is 0.184 e. The normalized spacial score (nSPS) is 42.2. The third kappa shape index (κ3) is 3.01. The van der Waals surface area contributed by atoms with Crippen LogP contribution in [0.25, 0.3) is 0 Å². The van der Waals surface area contributed by atoms with Crippen molar-refractivity contribution in [2.75, 3.05) is 6.61 Å². The summed E-state index contributed by atoms with van der Waals surface area (Å²) in [6, 6.07) is 0. The molecule has 7 nitrogen and oxygen atoms in total. The summed E-state index contributed by atoms with van der Waals surface area (Å²) in [4.78, 5) is 0. The fourth-order valence-corrected chi connectivity index (χ4v) is 1.08. The summed E-state index contributed by atoms with van der Waals surface area (Å²) in [6.45, 7) is -0.526. The van der Waals surface area contributed by atoms with Crippen molar-refractivity contribution in [1.29, 1.82) is 0 Å². The van der Waals surface area contributed by atoms with Crippen molar-refractivity contribution in [2.45, 2.75) is 30.7 Å². The molecule has 0 bridgehead atoms. The van der Waals surface area contributed by atoms with Gasteiger partial charge in [-0.2, -0.15) is 0 Å². The van der Waals surface area contributed by atoms with Gasteiger partial charge in [-0.25, -0.2) is 0 Å². The van der Waals surface area contributed by atoms with Crippen molar-refractivity contribution in [3.8, 4) is 0 Å². The molecule has 0 spiro atoms. The maximum absolute atomic E-state index is 9.12. The molecule has 1 aliphatic rings. The molecule has 1 fully saturated rings. The summed E-state index contributed by atoms with van der Waals surface area (Å²) in [7, 11) is 0. The van der Waals surface area contributed by atoms with Crippen LogP contribution in [0, 0.1) is 0 Å². The lowest BCUT2D eigenvalue weighted by atomic mass is 10.00. The Morgan fingerprint density at radius 1 is 0.929 bits per heavy atom. The number of ether oxygens (including phenoxy) is 1. The molecule has 8 heteroatoms. The maximum atomic E-state index is 9.12. The Bertz CT molecular complexity index is 152. The molecule has 0 amide bonds. The molecular formula is C6H15ClO7. The van der Waals surface area contributed by atoms with E-state index in [-0.39, 0.29) is 17.9 Å². The fourth-order valence-electron chi connectivity index (χ4n) is 1.08. The van der Waals surface area contributed by atoms with Gasteiger partial charge in [-0.3, -0.25) is 0 Å². The van der Waals surface area contributed by atoms with Crippen molar-refractivity contribution < 1.29 is 35.7 Å². The first kappa shape index (κ1) is 16.4. The summed E-state index contributed by atoms with van der Waals surface area (Å²) >= 11 is 0. The second kappa shape index (κ2) is 6.49. The van der Waals surface area contributed by atoms with E-state index in [1.165, 1.54) is 0 Å². The molecule has 0 aromatic heterocycles. The topological polar surface area (TPSA) is 142 Å². The van der Waals surface area contributed by atoms with Crippen LogP contribution in [0.4, 0.5) is 0 Å². The molecule has 0 aromatic carbocycles. The summed E-state index contributed by atoms with van der Waals surface area (Å²) in [5.74, 6) is 0. The number of hydrogen-bond acceptors (Lipinski definition) is 6. The molecule has 0 saturated carbocycles. The Balaban J connectivity index is 0. The fraction of sp³-hybridized carbons (Fsp3) is 1.00. The predicted octanol–water partition coefficient (Wildman–Crippen LogP) is -3.62. The lowest BCUT2D eigenvalue weighted by Gasteiger charge is -2.37. The van der Waals surface area contributed by atoms with Crippen molar-refractivity contribution in [2.24, 2.45) is 0 Å². The van der Waals surface area contributed by atoms with Crippen molar-refractivity contribution >= 4 is 12.4 Å². The van der Waals surface area contributed by atoms with Gasteiger partial charge < -0.3 is 35.7 Å². The SMILES string of the molecule is Cl.O.OCC1OC(O)[C@@H](O)[C@H](O)[C@@H]1O. The lowest BCUT2D eigenvalue weighted by molar-refractivity contribution is -0.286. The summed E-state index contributed by atoms with van der Waals surface area (Å²) < 4.78 is 4.58. The number of aliphatic hydroxyl groups is 5. The second-order valence-electron chi connectivity index (χ2n) is 2.72. The highest BCUT2D eigenvalue weighted by molar-refractivity contribution is 5.85. The van der Waals surface area contributed by atoms with Gasteiger partial charge in [-0.1, -0.05) is 0 Å². The van der Waals surface area contributed by atoms with Crippen LogP contribution in [0.1, 0.15) is 0 Å². The van der Waals surface area contributed by atoms with Crippen LogP contribution >= 0.6 is 12.4 Å². The molecule has 14 heavy (non-hydrogen) atoms. The van der Waals surface area contributed by atoms with E-state index in [2.05, 4.69) is 4.74 Å². The van der Waals surface area contributed by atoms with Crippen LogP contribution in [0.2, 0.25) is 0 Å². The van der Waals surface area contributed by atoms with Gasteiger partial charge >= 0.3 is 0 Å². The van der Waals surface area contributed by atoms with E-state index in [1.807, 2.05) is 0 Å². The number of halogens is 1. The highest BCUT2D eigenvalue weighted by atomic mass is 35.5. The molecule has 0 aliphatic carbocycles. The van der Waals surface area contributed by atoms with Crippen molar-refractivity contribution in [3.63, 3.8) is 0 Å². The molecule has 1 aliphatic heterocycles. The van der Waals surface area contributed by atoms with E-state index in [4.69, 9.17) is 25.5 Å². The summed E-state index contributed by atoms with van der Waals surface area (Å²) in [5.41, 5.74) is 0. The minimum atomic E-state index is -1.57. The molecule has 1 saturated heterocycles. The predicted molar refractivity (Wildman–Crippen MR) is 46.8 cm³/mol. The van der Waals surface area contributed by atoms with E-state index in [0.29, 0.717) is 0 Å². The molecule has 5 atom stereocenters. The van der Waals surface area contributed by atoms with Gasteiger partial charge in [0, 0.05) is 0 Å². The average molecular weight is 235 g/mol. The number of rotatable bonds is 1. The van der Waals surface area contributed by atoms with Gasteiger partial charge in [0.15, 0.2) is 6.29 Å². The van der Waals surface area contributed by atoms with Crippen molar-refractivity contribution in [1.82, 2.24) is 0 Å². The van der Waals surface area contributed by atoms with E-state index in [0.717, 1.165) is 0 Å². The third-order valence-corrected chi connectivity index (χ3v) is 1.87. The van der Waals surface area contributed by atoms with Crippen LogP contribution in [0.5, 0.6) is 0 Å². The first-order valence-corrected chi connectivity index (χ1v) is 3.56.